The van der Waals surface area contributed by atoms with Crippen molar-refractivity contribution in [1.29, 1.82) is 0 Å². The first-order valence-corrected chi connectivity index (χ1v) is 5.19. The molecule has 86 valence electrons. The zero-order valence-electron chi connectivity index (χ0n) is 8.34. The molecule has 0 aliphatic heterocycles. The molecule has 0 spiro atoms. The average Bonchev–Trinajstić information content (AvgIpc) is 2.53. The average molecular weight is 246 g/mol. The normalized spacial score (nSPS) is 12.2. The van der Waals surface area contributed by atoms with Gasteiger partial charge in [0.2, 0.25) is 5.22 Å². The van der Waals surface area contributed by atoms with Gasteiger partial charge in [-0.1, -0.05) is 18.2 Å². The molecule has 0 fully saturated rings. The maximum absolute atomic E-state index is 13.8. The van der Waals surface area contributed by atoms with Gasteiger partial charge in [-0.25, -0.2) is 8.78 Å². The van der Waals surface area contributed by atoms with E-state index in [0.29, 0.717) is 11.0 Å². The van der Waals surface area contributed by atoms with E-state index >= 15 is 0 Å². The van der Waals surface area contributed by atoms with Crippen LogP contribution in [-0.2, 0) is 5.92 Å². The third-order valence-corrected chi connectivity index (χ3v) is 2.64. The van der Waals surface area contributed by atoms with Crippen LogP contribution in [0, 0.1) is 0 Å². The van der Waals surface area contributed by atoms with E-state index in [0.717, 1.165) is 0 Å². The van der Waals surface area contributed by atoms with Crippen molar-refractivity contribution in [2.24, 2.45) is 5.73 Å². The van der Waals surface area contributed by atoms with Gasteiger partial charge in [0.1, 0.15) is 5.58 Å². The SMILES string of the molecule is NCCC(F)(F)c1c(Cl)oc2ccccc12. The second kappa shape index (κ2) is 4.03. The van der Waals surface area contributed by atoms with Gasteiger partial charge < -0.3 is 10.2 Å². The summed E-state index contributed by atoms with van der Waals surface area (Å²) in [4.78, 5) is 0. The number of para-hydroxylation sites is 1. The van der Waals surface area contributed by atoms with Crippen LogP contribution in [-0.4, -0.2) is 6.54 Å². The van der Waals surface area contributed by atoms with E-state index in [-0.39, 0.29) is 17.3 Å². The highest BCUT2D eigenvalue weighted by molar-refractivity contribution is 6.31. The van der Waals surface area contributed by atoms with Crippen molar-refractivity contribution >= 4 is 22.6 Å². The van der Waals surface area contributed by atoms with Gasteiger partial charge in [-0.05, 0) is 24.2 Å². The lowest BCUT2D eigenvalue weighted by Gasteiger charge is -2.14. The molecule has 0 aliphatic carbocycles. The maximum atomic E-state index is 13.8. The fourth-order valence-corrected chi connectivity index (χ4v) is 1.99. The summed E-state index contributed by atoms with van der Waals surface area (Å²) in [6.07, 6.45) is -0.448. The van der Waals surface area contributed by atoms with E-state index in [1.807, 2.05) is 0 Å². The van der Waals surface area contributed by atoms with Crippen molar-refractivity contribution in [1.82, 2.24) is 0 Å². The van der Waals surface area contributed by atoms with Gasteiger partial charge in [0.05, 0.1) is 5.56 Å². The van der Waals surface area contributed by atoms with Crippen LogP contribution in [0.3, 0.4) is 0 Å². The largest absolute Gasteiger partial charge is 0.444 e. The molecule has 16 heavy (non-hydrogen) atoms. The summed E-state index contributed by atoms with van der Waals surface area (Å²) in [6.45, 7) is -0.108. The third kappa shape index (κ3) is 1.79. The molecule has 2 rings (SSSR count). The zero-order chi connectivity index (χ0) is 11.8. The Hall–Kier alpha value is -1.13. The standard InChI is InChI=1S/C11H10ClF2NO/c12-10-9(11(13,14)5-6-15)7-3-1-2-4-8(7)16-10/h1-4H,5-6,15H2. The van der Waals surface area contributed by atoms with Crippen molar-refractivity contribution in [3.8, 4) is 0 Å². The van der Waals surface area contributed by atoms with Crippen molar-refractivity contribution in [3.05, 3.63) is 35.0 Å². The summed E-state index contributed by atoms with van der Waals surface area (Å²) < 4.78 is 32.6. The minimum Gasteiger partial charge on any atom is -0.444 e. The quantitative estimate of drug-likeness (QED) is 0.899. The summed E-state index contributed by atoms with van der Waals surface area (Å²) in [5.41, 5.74) is 5.25. The molecule has 0 radical (unpaired) electrons. The lowest BCUT2D eigenvalue weighted by atomic mass is 10.0. The van der Waals surface area contributed by atoms with E-state index in [1.54, 1.807) is 24.3 Å². The fraction of sp³-hybridized carbons (Fsp3) is 0.273. The minimum absolute atomic E-state index is 0.108. The van der Waals surface area contributed by atoms with Gasteiger partial charge in [-0.2, -0.15) is 0 Å². The Kier molecular flexibility index (Phi) is 2.86. The Balaban J connectivity index is 2.63. The Labute approximate surface area is 96.0 Å². The van der Waals surface area contributed by atoms with Crippen LogP contribution < -0.4 is 5.73 Å². The van der Waals surface area contributed by atoms with E-state index in [2.05, 4.69) is 0 Å². The van der Waals surface area contributed by atoms with Crippen molar-refractivity contribution in [2.75, 3.05) is 6.54 Å². The van der Waals surface area contributed by atoms with E-state index < -0.39 is 12.3 Å². The molecule has 0 atom stereocenters. The molecule has 2 N–H and O–H groups in total. The van der Waals surface area contributed by atoms with Crippen LogP contribution in [0.2, 0.25) is 5.22 Å². The summed E-state index contributed by atoms with van der Waals surface area (Å²) in [7, 11) is 0. The Bertz CT molecular complexity index is 510. The van der Waals surface area contributed by atoms with Crippen LogP contribution in [0.1, 0.15) is 12.0 Å². The summed E-state index contributed by atoms with van der Waals surface area (Å²) >= 11 is 5.70. The van der Waals surface area contributed by atoms with Crippen molar-refractivity contribution < 1.29 is 13.2 Å². The highest BCUT2D eigenvalue weighted by Gasteiger charge is 2.37. The molecular formula is C11H10ClF2NO. The van der Waals surface area contributed by atoms with Crippen LogP contribution >= 0.6 is 11.6 Å². The van der Waals surface area contributed by atoms with E-state index in [1.165, 1.54) is 0 Å². The van der Waals surface area contributed by atoms with Gasteiger partial charge in [0.25, 0.3) is 5.92 Å². The predicted molar refractivity (Wildman–Crippen MR) is 58.8 cm³/mol. The Morgan fingerprint density at radius 1 is 1.31 bits per heavy atom. The number of benzene rings is 1. The molecule has 0 bridgehead atoms. The first-order valence-electron chi connectivity index (χ1n) is 4.81. The van der Waals surface area contributed by atoms with Gasteiger partial charge >= 0.3 is 0 Å². The van der Waals surface area contributed by atoms with Crippen LogP contribution in [0.5, 0.6) is 0 Å². The second-order valence-corrected chi connectivity index (χ2v) is 3.83. The molecule has 2 nitrogen and oxygen atoms in total. The molecule has 2 aromatic rings. The van der Waals surface area contributed by atoms with Crippen LogP contribution in [0.4, 0.5) is 8.78 Å². The molecule has 0 aliphatic rings. The molecule has 5 heteroatoms. The highest BCUT2D eigenvalue weighted by Crippen LogP contribution is 2.42. The fourth-order valence-electron chi connectivity index (χ4n) is 1.66. The van der Waals surface area contributed by atoms with Gasteiger partial charge in [-0.3, -0.25) is 0 Å². The monoisotopic (exact) mass is 245 g/mol. The number of hydrogen-bond donors (Lipinski definition) is 1. The zero-order valence-corrected chi connectivity index (χ0v) is 9.10. The molecule has 0 saturated carbocycles. The summed E-state index contributed by atoms with van der Waals surface area (Å²) in [5, 5.41) is 0.0746. The number of rotatable bonds is 3. The minimum atomic E-state index is -3.06. The third-order valence-electron chi connectivity index (χ3n) is 2.38. The number of hydrogen-bond acceptors (Lipinski definition) is 2. The highest BCUT2D eigenvalue weighted by atomic mass is 35.5. The van der Waals surface area contributed by atoms with Crippen molar-refractivity contribution in [2.45, 2.75) is 12.3 Å². The predicted octanol–water partition coefficient (Wildman–Crippen LogP) is 3.53. The van der Waals surface area contributed by atoms with Crippen LogP contribution in [0.15, 0.2) is 28.7 Å². The smallest absolute Gasteiger partial charge is 0.279 e. The molecule has 1 aromatic carbocycles. The van der Waals surface area contributed by atoms with Crippen LogP contribution in [0.25, 0.3) is 11.0 Å². The van der Waals surface area contributed by atoms with E-state index in [4.69, 9.17) is 21.8 Å². The first-order chi connectivity index (χ1) is 7.56. The summed E-state index contributed by atoms with van der Waals surface area (Å²) in [5.74, 6) is -3.06. The molecule has 0 saturated heterocycles. The molecule has 0 amide bonds. The number of alkyl halides is 2. The summed E-state index contributed by atoms with van der Waals surface area (Å²) in [6, 6.07) is 6.52. The van der Waals surface area contributed by atoms with Gasteiger partial charge in [-0.15, -0.1) is 0 Å². The Morgan fingerprint density at radius 3 is 2.69 bits per heavy atom. The molecular weight excluding hydrogens is 236 g/mol. The molecule has 1 aromatic heterocycles. The number of nitrogens with two attached hydrogens (primary N) is 1. The number of fused-ring (bicyclic) bond motifs is 1. The first kappa shape index (κ1) is 11.4. The van der Waals surface area contributed by atoms with E-state index in [9.17, 15) is 8.78 Å². The van der Waals surface area contributed by atoms with Gasteiger partial charge in [0.15, 0.2) is 0 Å². The number of furan rings is 1. The maximum Gasteiger partial charge on any atom is 0.279 e. The number of halogens is 3. The second-order valence-electron chi connectivity index (χ2n) is 3.49. The molecule has 0 unspecified atom stereocenters. The lowest BCUT2D eigenvalue weighted by Crippen LogP contribution is -2.18. The topological polar surface area (TPSA) is 39.2 Å². The van der Waals surface area contributed by atoms with Crippen molar-refractivity contribution in [3.63, 3.8) is 0 Å². The molecule has 1 heterocycles. The van der Waals surface area contributed by atoms with Gasteiger partial charge in [0, 0.05) is 11.8 Å². The lowest BCUT2D eigenvalue weighted by molar-refractivity contribution is -0.00972. The Morgan fingerprint density at radius 2 is 2.00 bits per heavy atom.